The third kappa shape index (κ3) is 4.71. The Hall–Kier alpha value is -1.76. The molecule has 1 aromatic carbocycles. The molecule has 3 aliphatic rings. The van der Waals surface area contributed by atoms with Crippen molar-refractivity contribution in [3.8, 4) is 5.75 Å². The molecule has 0 spiro atoms. The van der Waals surface area contributed by atoms with Crippen LogP contribution in [0.4, 0.5) is 13.2 Å². The van der Waals surface area contributed by atoms with Crippen LogP contribution in [0.3, 0.4) is 0 Å². The lowest BCUT2D eigenvalue weighted by molar-refractivity contribution is -0.711. The molecule has 2 N–H and O–H groups in total. The first kappa shape index (κ1) is 21.9. The molecule has 4 nitrogen and oxygen atoms in total. The van der Waals surface area contributed by atoms with Gasteiger partial charge in [-0.2, -0.15) is 13.2 Å². The number of carbonyl (C=O) groups is 1. The van der Waals surface area contributed by atoms with Gasteiger partial charge >= 0.3 is 6.18 Å². The Bertz CT molecular complexity index is 734. The van der Waals surface area contributed by atoms with Gasteiger partial charge in [-0.05, 0) is 54.6 Å². The Morgan fingerprint density at radius 1 is 1.28 bits per heavy atom. The maximum atomic E-state index is 10.5. The Morgan fingerprint density at radius 3 is 2.59 bits per heavy atom. The third-order valence-electron chi connectivity index (χ3n) is 7.27. The lowest BCUT2D eigenvalue weighted by Gasteiger charge is -2.36. The van der Waals surface area contributed by atoms with Gasteiger partial charge in [0, 0.05) is 17.9 Å². The van der Waals surface area contributed by atoms with E-state index in [0.717, 1.165) is 42.0 Å². The fourth-order valence-corrected chi connectivity index (χ4v) is 6.22. The van der Waals surface area contributed by atoms with Crippen LogP contribution in [0.2, 0.25) is 0 Å². The van der Waals surface area contributed by atoms with Gasteiger partial charge in [-0.15, -0.1) is 0 Å². The van der Waals surface area contributed by atoms with E-state index in [1.54, 1.807) is 7.11 Å². The van der Waals surface area contributed by atoms with E-state index in [0.29, 0.717) is 5.41 Å². The van der Waals surface area contributed by atoms with Crippen molar-refractivity contribution < 1.29 is 33.1 Å². The molecule has 29 heavy (non-hydrogen) atoms. The second kappa shape index (κ2) is 8.17. The minimum Gasteiger partial charge on any atom is -0.542 e. The van der Waals surface area contributed by atoms with E-state index in [2.05, 4.69) is 37.4 Å². The number of hydrogen-bond acceptors (Lipinski definition) is 3. The summed E-state index contributed by atoms with van der Waals surface area (Å²) in [6.07, 6.45) is 0.720. The monoisotopic (exact) mass is 413 g/mol. The number of carbonyl (C=O) groups excluding carboxylic acids is 1. The van der Waals surface area contributed by atoms with Gasteiger partial charge in [-0.3, -0.25) is 0 Å². The molecule has 5 atom stereocenters. The molecule has 0 amide bonds. The minimum absolute atomic E-state index is 0.613. The third-order valence-corrected chi connectivity index (χ3v) is 7.27. The van der Waals surface area contributed by atoms with Gasteiger partial charge in [0.15, 0.2) is 0 Å². The number of carboxylic acids is 1. The summed E-state index contributed by atoms with van der Waals surface area (Å²) in [5, 5.41) is 11.4. The van der Waals surface area contributed by atoms with E-state index in [9.17, 15) is 13.2 Å². The van der Waals surface area contributed by atoms with E-state index in [1.807, 2.05) is 6.07 Å². The summed E-state index contributed by atoms with van der Waals surface area (Å²) in [6.45, 7) is 6.15. The van der Waals surface area contributed by atoms with Gasteiger partial charge in [-0.1, -0.05) is 26.0 Å². The number of aliphatic carboxylic acids is 1. The highest BCUT2D eigenvalue weighted by Gasteiger charge is 2.60. The molecule has 7 heteroatoms. The first-order valence-electron chi connectivity index (χ1n) is 10.3. The molecule has 1 aromatic rings. The van der Waals surface area contributed by atoms with E-state index in [1.165, 1.54) is 31.2 Å². The second-order valence-corrected chi connectivity index (χ2v) is 9.35. The van der Waals surface area contributed by atoms with E-state index in [-0.39, 0.29) is 0 Å². The number of hydrogen-bond donors (Lipinski definition) is 1. The van der Waals surface area contributed by atoms with Gasteiger partial charge < -0.3 is 20.0 Å². The normalized spacial score (nSPS) is 31.7. The zero-order valence-electron chi connectivity index (χ0n) is 17.2. The lowest BCUT2D eigenvalue weighted by atomic mass is 9.70. The van der Waals surface area contributed by atoms with Gasteiger partial charge in [0.05, 0.1) is 13.2 Å². The highest BCUT2D eigenvalue weighted by Crippen LogP contribution is 2.64. The molecule has 0 aromatic heterocycles. The highest BCUT2D eigenvalue weighted by molar-refractivity contribution is 5.70. The molecular formula is C22H30F3NO3. The van der Waals surface area contributed by atoms with E-state index >= 15 is 0 Å². The van der Waals surface area contributed by atoms with Crippen molar-refractivity contribution in [1.29, 1.82) is 0 Å². The summed E-state index contributed by atoms with van der Waals surface area (Å²) in [6, 6.07) is 9.43. The fourth-order valence-electron chi connectivity index (χ4n) is 6.22. The quantitative estimate of drug-likeness (QED) is 0.825. The Kier molecular flexibility index (Phi) is 6.18. The van der Waals surface area contributed by atoms with Crippen LogP contribution in [-0.4, -0.2) is 25.3 Å². The Balaban J connectivity index is 0.000000298. The number of benzene rings is 1. The van der Waals surface area contributed by atoms with Crippen LogP contribution in [0.1, 0.15) is 45.1 Å². The molecule has 4 rings (SSSR count). The SMILES string of the molecule is COc1cccc(C[NH2+]C2CC3CC2C2CCC(C)(C)C32)c1.O=C([O-])C(F)(F)F. The molecule has 3 saturated carbocycles. The van der Waals surface area contributed by atoms with Crippen molar-refractivity contribution in [3.63, 3.8) is 0 Å². The first-order chi connectivity index (χ1) is 13.5. The number of methoxy groups -OCH3 is 1. The standard InChI is InChI=1S/C20H29NO.C2HF3O2/c1-20(2)8-7-16-17-10-14(19(16)20)11-18(17)21-12-13-5-4-6-15(9-13)22-3;3-2(4,5)1(6)7/h4-6,9,14,16-19,21H,7-8,10-12H2,1-3H3;(H,6,7). The summed E-state index contributed by atoms with van der Waals surface area (Å²) in [7, 11) is 1.75. The van der Waals surface area contributed by atoms with Crippen LogP contribution in [0, 0.1) is 29.1 Å². The van der Waals surface area contributed by atoms with Crippen LogP contribution in [0.15, 0.2) is 24.3 Å². The van der Waals surface area contributed by atoms with Crippen LogP contribution >= 0.6 is 0 Å². The molecule has 2 bridgehead atoms. The van der Waals surface area contributed by atoms with E-state index < -0.39 is 12.1 Å². The minimum atomic E-state index is -5.19. The summed E-state index contributed by atoms with van der Waals surface area (Å²) < 4.78 is 36.9. The predicted molar refractivity (Wildman–Crippen MR) is 99.7 cm³/mol. The highest BCUT2D eigenvalue weighted by atomic mass is 19.4. The summed E-state index contributed by atoms with van der Waals surface area (Å²) >= 11 is 0. The lowest BCUT2D eigenvalue weighted by Crippen LogP contribution is -2.90. The summed E-state index contributed by atoms with van der Waals surface area (Å²) in [5.74, 6) is 2.03. The van der Waals surface area contributed by atoms with E-state index in [4.69, 9.17) is 14.6 Å². The van der Waals surface area contributed by atoms with Crippen LogP contribution in [0.5, 0.6) is 5.75 Å². The molecule has 0 radical (unpaired) electrons. The topological polar surface area (TPSA) is 66.0 Å². The summed E-state index contributed by atoms with van der Waals surface area (Å²) in [5.41, 5.74) is 2.01. The molecule has 0 aliphatic heterocycles. The van der Waals surface area contributed by atoms with Gasteiger partial charge in [-0.25, -0.2) is 0 Å². The number of halogens is 3. The fraction of sp³-hybridized carbons (Fsp3) is 0.682. The molecule has 0 heterocycles. The predicted octanol–water partition coefficient (Wildman–Crippen LogP) is 2.52. The number of quaternary nitrogens is 1. The van der Waals surface area contributed by atoms with Crippen LogP contribution in [0.25, 0.3) is 0 Å². The van der Waals surface area contributed by atoms with Crippen molar-refractivity contribution in [2.45, 2.75) is 58.3 Å². The van der Waals surface area contributed by atoms with Crippen molar-refractivity contribution in [2.75, 3.05) is 7.11 Å². The average molecular weight is 413 g/mol. The van der Waals surface area contributed by atoms with Gasteiger partial charge in [0.1, 0.15) is 18.3 Å². The maximum Gasteiger partial charge on any atom is 0.430 e. The summed E-state index contributed by atoms with van der Waals surface area (Å²) in [4.78, 5) is 8.78. The van der Waals surface area contributed by atoms with Gasteiger partial charge in [0.25, 0.3) is 0 Å². The molecule has 0 saturated heterocycles. The number of fused-ring (bicyclic) bond motifs is 5. The molecular weight excluding hydrogens is 383 g/mol. The molecule has 5 unspecified atom stereocenters. The zero-order chi connectivity index (χ0) is 21.4. The van der Waals surface area contributed by atoms with Crippen LogP contribution in [-0.2, 0) is 11.3 Å². The number of carboxylic acid groups (broad SMARTS) is 1. The van der Waals surface area contributed by atoms with Crippen molar-refractivity contribution in [3.05, 3.63) is 29.8 Å². The number of nitrogens with two attached hydrogens (primary N) is 1. The largest absolute Gasteiger partial charge is 0.542 e. The average Bonchev–Trinajstić information content (AvgIpc) is 3.31. The van der Waals surface area contributed by atoms with Crippen molar-refractivity contribution in [1.82, 2.24) is 0 Å². The molecule has 162 valence electrons. The Labute approximate surface area is 169 Å². The van der Waals surface area contributed by atoms with Crippen molar-refractivity contribution >= 4 is 5.97 Å². The first-order valence-corrected chi connectivity index (χ1v) is 10.3. The molecule has 3 aliphatic carbocycles. The number of alkyl halides is 3. The van der Waals surface area contributed by atoms with Crippen LogP contribution < -0.4 is 15.2 Å². The molecule has 3 fully saturated rings. The maximum absolute atomic E-state index is 10.5. The second-order valence-electron chi connectivity index (χ2n) is 9.35. The smallest absolute Gasteiger partial charge is 0.430 e. The number of rotatable bonds is 4. The zero-order valence-corrected chi connectivity index (χ0v) is 17.2. The van der Waals surface area contributed by atoms with Gasteiger partial charge in [0.2, 0.25) is 0 Å². The number of ether oxygens (including phenoxy) is 1. The Morgan fingerprint density at radius 2 is 1.97 bits per heavy atom. The van der Waals surface area contributed by atoms with Crippen molar-refractivity contribution in [2.24, 2.45) is 29.1 Å².